The van der Waals surface area contributed by atoms with Crippen LogP contribution in [0.4, 0.5) is 5.69 Å². The number of ether oxygens (including phenoxy) is 2. The van der Waals surface area contributed by atoms with E-state index in [0.717, 1.165) is 67.9 Å². The number of morpholine rings is 1. The number of benzene rings is 3. The van der Waals surface area contributed by atoms with E-state index < -0.39 is 0 Å². The van der Waals surface area contributed by atoms with Crippen LogP contribution >= 0.6 is 15.9 Å². The lowest BCUT2D eigenvalue weighted by molar-refractivity contribution is -0.141. The van der Waals surface area contributed by atoms with Gasteiger partial charge in [0.05, 0.1) is 25.5 Å². The van der Waals surface area contributed by atoms with Crippen molar-refractivity contribution in [2.75, 3.05) is 37.8 Å². The maximum absolute atomic E-state index is 11.9. The Kier molecular flexibility index (Phi) is 7.11. The number of pyridine rings is 1. The van der Waals surface area contributed by atoms with E-state index in [1.54, 1.807) is 6.07 Å². The van der Waals surface area contributed by atoms with Crippen molar-refractivity contribution in [2.45, 2.75) is 19.3 Å². The Morgan fingerprint density at radius 1 is 1.05 bits per heavy atom. The summed E-state index contributed by atoms with van der Waals surface area (Å²) in [5.74, 6) is -0.238. The lowest BCUT2D eigenvalue weighted by atomic mass is 9.74. The minimum absolute atomic E-state index is 0.134. The molecule has 1 unspecified atom stereocenters. The topological polar surface area (TPSA) is 71.9 Å². The molecule has 2 aliphatic rings. The predicted molar refractivity (Wildman–Crippen MR) is 156 cm³/mol. The Morgan fingerprint density at radius 3 is 2.59 bits per heavy atom. The average Bonchev–Trinajstić information content (AvgIpc) is 2.96. The lowest BCUT2D eigenvalue weighted by Gasteiger charge is -2.32. The summed E-state index contributed by atoms with van der Waals surface area (Å²) < 4.78 is 12.1. The molecule has 0 amide bonds. The molecule has 1 aromatic heterocycles. The van der Waals surface area contributed by atoms with E-state index in [2.05, 4.69) is 51.2 Å². The second-order valence-corrected chi connectivity index (χ2v) is 10.9. The molecular weight excluding hydrogens is 556 g/mol. The highest BCUT2D eigenvalue weighted by Gasteiger charge is 2.32. The van der Waals surface area contributed by atoms with Crippen molar-refractivity contribution in [3.05, 3.63) is 88.5 Å². The first-order valence-electron chi connectivity index (χ1n) is 13.2. The normalized spacial score (nSPS) is 16.4. The third kappa shape index (κ3) is 5.04. The fraction of sp³-hybridized carbons (Fsp3) is 0.250. The van der Waals surface area contributed by atoms with Gasteiger partial charge in [-0.2, -0.15) is 0 Å². The number of phenols is 1. The van der Waals surface area contributed by atoms with Crippen LogP contribution in [-0.2, 0) is 20.7 Å². The minimum Gasteiger partial charge on any atom is -0.507 e. The van der Waals surface area contributed by atoms with Gasteiger partial charge in [0.15, 0.2) is 0 Å². The number of aromatic nitrogens is 1. The van der Waals surface area contributed by atoms with Gasteiger partial charge in [0.2, 0.25) is 0 Å². The zero-order valence-electron chi connectivity index (χ0n) is 21.7. The van der Waals surface area contributed by atoms with E-state index in [9.17, 15) is 9.90 Å². The number of phenolic OH excluding ortho intramolecular Hbond substituents is 1. The first-order valence-corrected chi connectivity index (χ1v) is 14.0. The molecule has 1 aliphatic heterocycles. The molecular formula is C32H29BrN2O4. The van der Waals surface area contributed by atoms with Crippen LogP contribution in [0.2, 0.25) is 0 Å². The molecule has 7 heteroatoms. The van der Waals surface area contributed by atoms with Gasteiger partial charge in [-0.1, -0.05) is 52.3 Å². The largest absolute Gasteiger partial charge is 0.507 e. The van der Waals surface area contributed by atoms with E-state index in [1.165, 1.54) is 6.92 Å². The van der Waals surface area contributed by atoms with Crippen molar-refractivity contribution < 1.29 is 19.4 Å². The van der Waals surface area contributed by atoms with Gasteiger partial charge >= 0.3 is 5.97 Å². The van der Waals surface area contributed by atoms with Gasteiger partial charge in [-0.25, -0.2) is 0 Å². The van der Waals surface area contributed by atoms with Crippen LogP contribution in [0.1, 0.15) is 24.0 Å². The van der Waals surface area contributed by atoms with Gasteiger partial charge in [-0.05, 0) is 64.6 Å². The summed E-state index contributed by atoms with van der Waals surface area (Å²) in [5.41, 5.74) is 8.96. The van der Waals surface area contributed by atoms with E-state index >= 15 is 0 Å². The fourth-order valence-corrected chi connectivity index (χ4v) is 6.04. The molecule has 6 nitrogen and oxygen atoms in total. The molecule has 39 heavy (non-hydrogen) atoms. The first kappa shape index (κ1) is 25.6. The summed E-state index contributed by atoms with van der Waals surface area (Å²) in [4.78, 5) is 19.0. The van der Waals surface area contributed by atoms with Crippen LogP contribution in [0.15, 0.2) is 77.4 Å². The quantitative estimate of drug-likeness (QED) is 0.267. The van der Waals surface area contributed by atoms with Gasteiger partial charge in [-0.3, -0.25) is 9.78 Å². The third-order valence-corrected chi connectivity index (χ3v) is 8.10. The Hall–Kier alpha value is -3.68. The molecule has 3 aromatic carbocycles. The van der Waals surface area contributed by atoms with Crippen LogP contribution in [0.5, 0.6) is 5.75 Å². The van der Waals surface area contributed by atoms with Crippen LogP contribution < -0.4 is 4.90 Å². The van der Waals surface area contributed by atoms with Gasteiger partial charge in [0.1, 0.15) is 5.75 Å². The number of halogens is 1. The van der Waals surface area contributed by atoms with Crippen LogP contribution in [0.25, 0.3) is 33.5 Å². The minimum atomic E-state index is -0.319. The Balaban J connectivity index is 1.51. The SMILES string of the molecule is CC(=O)OCC1Cc2c(-c3cc(N4CCOCC4)ccn3)cccc2-c2c(O)ccc(-c3ccc(Br)cc3)c21. The highest BCUT2D eigenvalue weighted by atomic mass is 79.9. The second-order valence-electron chi connectivity index (χ2n) is 9.96. The standard InChI is InChI=1S/C32H29BrN2O4/c1-20(36)39-19-22-17-28-26(29-18-24(11-12-34-29)35-13-15-38-16-14-35)3-2-4-27(28)32-30(37)10-9-25(31(22)32)21-5-7-23(33)8-6-21/h2-12,18,22,37H,13-17,19H2,1H3. The average molecular weight is 585 g/mol. The van der Waals surface area contributed by atoms with Crippen LogP contribution in [-0.4, -0.2) is 49.0 Å². The van der Waals surface area contributed by atoms with Gasteiger partial charge in [0, 0.05) is 53.4 Å². The Bertz CT molecular complexity index is 1530. The molecule has 1 saturated heterocycles. The molecule has 1 fully saturated rings. The van der Waals surface area contributed by atoms with Crippen molar-refractivity contribution in [2.24, 2.45) is 0 Å². The number of esters is 1. The number of anilines is 1. The van der Waals surface area contributed by atoms with Gasteiger partial charge < -0.3 is 19.5 Å². The molecule has 0 radical (unpaired) electrons. The summed E-state index contributed by atoms with van der Waals surface area (Å²) in [5, 5.41) is 11.2. The zero-order valence-corrected chi connectivity index (χ0v) is 23.3. The molecule has 0 saturated carbocycles. The third-order valence-electron chi connectivity index (χ3n) is 7.57. The molecule has 198 valence electrons. The molecule has 0 bridgehead atoms. The smallest absolute Gasteiger partial charge is 0.302 e. The zero-order chi connectivity index (χ0) is 26.9. The number of fused-ring (bicyclic) bond motifs is 3. The van der Waals surface area contributed by atoms with E-state index in [0.29, 0.717) is 19.6 Å². The summed E-state index contributed by atoms with van der Waals surface area (Å²) in [6.45, 7) is 4.79. The Labute approximate surface area is 236 Å². The summed E-state index contributed by atoms with van der Waals surface area (Å²) in [7, 11) is 0. The molecule has 4 aromatic rings. The summed E-state index contributed by atoms with van der Waals surface area (Å²) >= 11 is 3.53. The number of aromatic hydroxyl groups is 1. The number of carbonyl (C=O) groups excluding carboxylic acids is 1. The highest BCUT2D eigenvalue weighted by Crippen LogP contribution is 2.50. The maximum Gasteiger partial charge on any atom is 0.302 e. The molecule has 1 aliphatic carbocycles. The monoisotopic (exact) mass is 584 g/mol. The van der Waals surface area contributed by atoms with Crippen molar-refractivity contribution >= 4 is 27.6 Å². The van der Waals surface area contributed by atoms with Crippen LogP contribution in [0.3, 0.4) is 0 Å². The van der Waals surface area contributed by atoms with E-state index in [1.807, 2.05) is 36.5 Å². The Morgan fingerprint density at radius 2 is 1.82 bits per heavy atom. The van der Waals surface area contributed by atoms with E-state index in [-0.39, 0.29) is 24.2 Å². The number of nitrogens with zero attached hydrogens (tertiary/aromatic N) is 2. The first-order chi connectivity index (χ1) is 19.0. The maximum atomic E-state index is 11.9. The fourth-order valence-electron chi connectivity index (χ4n) is 5.77. The lowest BCUT2D eigenvalue weighted by Crippen LogP contribution is -2.36. The molecule has 1 atom stereocenters. The number of hydrogen-bond donors (Lipinski definition) is 1. The highest BCUT2D eigenvalue weighted by molar-refractivity contribution is 9.10. The predicted octanol–water partition coefficient (Wildman–Crippen LogP) is 6.59. The van der Waals surface area contributed by atoms with Crippen molar-refractivity contribution in [1.82, 2.24) is 4.98 Å². The van der Waals surface area contributed by atoms with Crippen molar-refractivity contribution in [1.29, 1.82) is 0 Å². The van der Waals surface area contributed by atoms with Crippen molar-refractivity contribution in [3.63, 3.8) is 0 Å². The van der Waals surface area contributed by atoms with Gasteiger partial charge in [-0.15, -0.1) is 0 Å². The molecule has 0 spiro atoms. The summed E-state index contributed by atoms with van der Waals surface area (Å²) in [6.07, 6.45) is 2.51. The molecule has 1 N–H and O–H groups in total. The van der Waals surface area contributed by atoms with Crippen molar-refractivity contribution in [3.8, 4) is 39.3 Å². The van der Waals surface area contributed by atoms with Gasteiger partial charge in [0.25, 0.3) is 0 Å². The number of rotatable bonds is 5. The second kappa shape index (κ2) is 10.8. The van der Waals surface area contributed by atoms with Crippen LogP contribution in [0, 0.1) is 0 Å². The number of carbonyl (C=O) groups is 1. The number of hydrogen-bond acceptors (Lipinski definition) is 6. The summed E-state index contributed by atoms with van der Waals surface area (Å²) in [6, 6.07) is 22.2. The van der Waals surface area contributed by atoms with E-state index in [4.69, 9.17) is 14.5 Å². The molecule has 6 rings (SSSR count). The molecule has 2 heterocycles.